The molecular weight excluding hydrogens is 211 g/mol. The number of carbonyl (C=O) groups excluding carboxylic acids is 1. The van der Waals surface area contributed by atoms with Crippen molar-refractivity contribution in [3.05, 3.63) is 0 Å². The normalized spacial score (nSPS) is 12.7. The van der Waals surface area contributed by atoms with Crippen LogP contribution < -0.4 is 0 Å². The molecule has 0 radical (unpaired) electrons. The van der Waals surface area contributed by atoms with Gasteiger partial charge in [0, 0.05) is 0 Å². The summed E-state index contributed by atoms with van der Waals surface area (Å²) in [5.41, 5.74) is 0. The first-order valence-corrected chi connectivity index (χ1v) is 2.75. The fourth-order valence-corrected chi connectivity index (χ4v) is 0.0582. The number of carbonyl (C=O) groups is 2. The Bertz CT molecular complexity index is 90.2. The average Bonchev–Trinajstić information content (AvgIpc) is 1.65. The van der Waals surface area contributed by atoms with E-state index in [0.29, 0.717) is 6.29 Å². The van der Waals surface area contributed by atoms with Crippen LogP contribution in [0.1, 0.15) is 0 Å². The molecule has 0 fully saturated rings. The van der Waals surface area contributed by atoms with Crippen molar-refractivity contribution in [3.8, 4) is 0 Å². The van der Waals surface area contributed by atoms with E-state index in [1.165, 1.54) is 22.6 Å². The van der Waals surface area contributed by atoms with Gasteiger partial charge in [0.25, 0.3) is 0 Å². The first kappa shape index (κ1) is 6.87. The van der Waals surface area contributed by atoms with E-state index in [4.69, 9.17) is 5.11 Å². The molecule has 0 saturated heterocycles. The summed E-state index contributed by atoms with van der Waals surface area (Å²) in [4.78, 5) is 19.2. The molecule has 0 aromatic rings. The van der Waals surface area contributed by atoms with Gasteiger partial charge in [0.05, 0.1) is 0 Å². The van der Waals surface area contributed by atoms with Crippen molar-refractivity contribution >= 4 is 34.8 Å². The summed E-state index contributed by atoms with van der Waals surface area (Å²) in [7, 11) is 0. The number of aldehydes is 1. The summed E-state index contributed by atoms with van der Waals surface area (Å²) in [6.45, 7) is 0. The number of halogens is 1. The zero-order valence-corrected chi connectivity index (χ0v) is 5.45. The van der Waals surface area contributed by atoms with Crippen molar-refractivity contribution in [1.82, 2.24) is 0 Å². The first-order valence-electron chi connectivity index (χ1n) is 1.50. The molecule has 0 saturated carbocycles. The number of hydrogen-bond acceptors (Lipinski definition) is 2. The van der Waals surface area contributed by atoms with Crippen LogP contribution in [0.2, 0.25) is 0 Å². The van der Waals surface area contributed by atoms with Gasteiger partial charge < -0.3 is 9.90 Å². The van der Waals surface area contributed by atoms with E-state index in [9.17, 15) is 9.59 Å². The maximum Gasteiger partial charge on any atom is 0.323 e. The number of alkyl halides is 1. The highest BCUT2D eigenvalue weighted by Gasteiger charge is 2.08. The van der Waals surface area contributed by atoms with Gasteiger partial charge >= 0.3 is 5.97 Å². The summed E-state index contributed by atoms with van der Waals surface area (Å²) in [6.07, 6.45) is 0.378. The zero-order chi connectivity index (χ0) is 5.86. The van der Waals surface area contributed by atoms with Gasteiger partial charge in [-0.2, -0.15) is 0 Å². The topological polar surface area (TPSA) is 54.4 Å². The minimum Gasteiger partial charge on any atom is -0.480 e. The van der Waals surface area contributed by atoms with Crippen molar-refractivity contribution < 1.29 is 14.7 Å². The molecule has 0 aliphatic rings. The van der Waals surface area contributed by atoms with Gasteiger partial charge in [-0.25, -0.2) is 0 Å². The first-order chi connectivity index (χ1) is 3.18. The third-order valence-corrected chi connectivity index (χ3v) is 1.18. The molecule has 0 spiro atoms. The highest BCUT2D eigenvalue weighted by Crippen LogP contribution is 1.93. The highest BCUT2D eigenvalue weighted by molar-refractivity contribution is 14.1. The standard InChI is InChI=1S/C3H3IO3/c4-2(1-5)3(6)7/h1-2H,(H,6,7). The molecule has 0 aromatic carbocycles. The number of rotatable bonds is 2. The summed E-state index contributed by atoms with van der Waals surface area (Å²) >= 11 is 1.53. The predicted octanol–water partition coefficient (Wildman–Crippen LogP) is 0.0735. The van der Waals surface area contributed by atoms with Gasteiger partial charge in [0.2, 0.25) is 0 Å². The molecule has 1 unspecified atom stereocenters. The van der Waals surface area contributed by atoms with Crippen LogP contribution in [0, 0.1) is 0 Å². The van der Waals surface area contributed by atoms with Crippen LogP contribution in [0.15, 0.2) is 0 Å². The van der Waals surface area contributed by atoms with E-state index < -0.39 is 9.89 Å². The molecule has 0 aliphatic carbocycles. The lowest BCUT2D eigenvalue weighted by molar-refractivity contribution is -0.137. The Morgan fingerprint density at radius 1 is 1.86 bits per heavy atom. The molecule has 0 rings (SSSR count). The number of carboxylic acids is 1. The van der Waals surface area contributed by atoms with Gasteiger partial charge in [-0.1, -0.05) is 22.6 Å². The van der Waals surface area contributed by atoms with Crippen LogP contribution in [0.4, 0.5) is 0 Å². The Labute approximate surface area is 53.8 Å². The second kappa shape index (κ2) is 2.95. The highest BCUT2D eigenvalue weighted by atomic mass is 127. The Morgan fingerprint density at radius 3 is 2.29 bits per heavy atom. The monoisotopic (exact) mass is 214 g/mol. The Morgan fingerprint density at radius 2 is 2.29 bits per heavy atom. The molecule has 0 heterocycles. The van der Waals surface area contributed by atoms with Crippen molar-refractivity contribution in [2.24, 2.45) is 0 Å². The molecule has 0 aliphatic heterocycles. The maximum absolute atomic E-state index is 9.69. The lowest BCUT2D eigenvalue weighted by Crippen LogP contribution is -2.12. The number of carboxylic acid groups (broad SMARTS) is 1. The fourth-order valence-electron chi connectivity index (χ4n) is 0.0582. The molecule has 0 bridgehead atoms. The van der Waals surface area contributed by atoms with Crippen LogP contribution in [-0.2, 0) is 9.59 Å². The van der Waals surface area contributed by atoms with E-state index in [1.807, 2.05) is 0 Å². The molecule has 3 nitrogen and oxygen atoms in total. The van der Waals surface area contributed by atoms with Gasteiger partial charge in [0.15, 0.2) is 3.92 Å². The van der Waals surface area contributed by atoms with E-state index in [-0.39, 0.29) is 0 Å². The van der Waals surface area contributed by atoms with E-state index in [1.54, 1.807) is 0 Å². The maximum atomic E-state index is 9.69. The number of hydrogen-bond donors (Lipinski definition) is 1. The molecule has 1 atom stereocenters. The van der Waals surface area contributed by atoms with Crippen molar-refractivity contribution in [1.29, 1.82) is 0 Å². The summed E-state index contributed by atoms with van der Waals surface area (Å²) in [6, 6.07) is 0. The minimum atomic E-state index is -1.09. The van der Waals surface area contributed by atoms with Crippen LogP contribution in [0.25, 0.3) is 0 Å². The van der Waals surface area contributed by atoms with Crippen LogP contribution in [0.5, 0.6) is 0 Å². The second-order valence-electron chi connectivity index (χ2n) is 0.876. The average molecular weight is 214 g/mol. The molecule has 0 aromatic heterocycles. The SMILES string of the molecule is O=CC(I)C(=O)O. The second-order valence-corrected chi connectivity index (χ2v) is 2.22. The number of aliphatic carboxylic acids is 1. The van der Waals surface area contributed by atoms with Crippen molar-refractivity contribution in [2.75, 3.05) is 0 Å². The van der Waals surface area contributed by atoms with Crippen LogP contribution >= 0.6 is 22.6 Å². The smallest absolute Gasteiger partial charge is 0.323 e. The lowest BCUT2D eigenvalue weighted by Gasteiger charge is -1.86. The summed E-state index contributed by atoms with van der Waals surface area (Å²) in [5.74, 6) is -1.09. The van der Waals surface area contributed by atoms with Gasteiger partial charge in [-0.15, -0.1) is 0 Å². The Balaban J connectivity index is 3.55. The molecular formula is C3H3IO3. The molecule has 40 valence electrons. The van der Waals surface area contributed by atoms with Crippen molar-refractivity contribution in [3.63, 3.8) is 0 Å². The Kier molecular flexibility index (Phi) is 2.89. The summed E-state index contributed by atoms with van der Waals surface area (Å²) < 4.78 is -0.891. The summed E-state index contributed by atoms with van der Waals surface area (Å²) in [5, 5.41) is 7.94. The van der Waals surface area contributed by atoms with E-state index in [0.717, 1.165) is 0 Å². The fraction of sp³-hybridized carbons (Fsp3) is 0.333. The lowest BCUT2D eigenvalue weighted by atomic mass is 10.5. The van der Waals surface area contributed by atoms with E-state index >= 15 is 0 Å². The van der Waals surface area contributed by atoms with Gasteiger partial charge in [-0.05, 0) is 0 Å². The minimum absolute atomic E-state index is 0.378. The third-order valence-electron chi connectivity index (χ3n) is 0.355. The largest absolute Gasteiger partial charge is 0.480 e. The predicted molar refractivity (Wildman–Crippen MR) is 31.5 cm³/mol. The van der Waals surface area contributed by atoms with Gasteiger partial charge in [0.1, 0.15) is 6.29 Å². The van der Waals surface area contributed by atoms with E-state index in [2.05, 4.69) is 0 Å². The van der Waals surface area contributed by atoms with Gasteiger partial charge in [-0.3, -0.25) is 4.79 Å². The van der Waals surface area contributed by atoms with Crippen LogP contribution in [-0.4, -0.2) is 21.3 Å². The quantitative estimate of drug-likeness (QED) is 0.306. The molecule has 1 N–H and O–H groups in total. The zero-order valence-electron chi connectivity index (χ0n) is 3.30. The molecule has 7 heavy (non-hydrogen) atoms. The Hall–Kier alpha value is -0.130. The molecule has 4 heteroatoms. The molecule has 0 amide bonds. The third kappa shape index (κ3) is 2.55. The van der Waals surface area contributed by atoms with Crippen LogP contribution in [0.3, 0.4) is 0 Å². The van der Waals surface area contributed by atoms with Crippen molar-refractivity contribution in [2.45, 2.75) is 3.92 Å².